The highest BCUT2D eigenvalue weighted by Gasteiger charge is 2.19. The lowest BCUT2D eigenvalue weighted by Crippen LogP contribution is -2.28. The normalized spacial score (nSPS) is 16.7. The Morgan fingerprint density at radius 1 is 1.36 bits per heavy atom. The number of hydrogen-bond donors (Lipinski definition) is 2. The zero-order chi connectivity index (χ0) is 10.3. The van der Waals surface area contributed by atoms with Crippen molar-refractivity contribution in [1.82, 2.24) is 4.90 Å². The van der Waals surface area contributed by atoms with E-state index in [-0.39, 0.29) is 0 Å². The summed E-state index contributed by atoms with van der Waals surface area (Å²) in [6.45, 7) is 1.97. The van der Waals surface area contributed by atoms with Gasteiger partial charge in [-0.05, 0) is 30.7 Å². The Hall–Kier alpha value is -0.740. The molecule has 0 amide bonds. The number of rotatable bonds is 0. The van der Waals surface area contributed by atoms with Gasteiger partial charge >= 0.3 is 0 Å². The van der Waals surface area contributed by atoms with E-state index in [1.165, 1.54) is 11.1 Å². The summed E-state index contributed by atoms with van der Waals surface area (Å²) in [5.74, 6) is 0. The molecule has 0 aromatic heterocycles. The first kappa shape index (κ1) is 9.80. The summed E-state index contributed by atoms with van der Waals surface area (Å²) in [6.07, 6.45) is 1.04. The van der Waals surface area contributed by atoms with Crippen LogP contribution in [0.15, 0.2) is 10.5 Å². The lowest BCUT2D eigenvalue weighted by molar-refractivity contribution is 0.313. The second-order valence-electron chi connectivity index (χ2n) is 3.81. The Balaban J connectivity index is 2.57. The molecule has 1 aromatic carbocycles. The van der Waals surface area contributed by atoms with Crippen molar-refractivity contribution < 1.29 is 0 Å². The van der Waals surface area contributed by atoms with Crippen LogP contribution >= 0.6 is 15.9 Å². The molecule has 0 saturated heterocycles. The fraction of sp³-hybridized carbons (Fsp3) is 0.400. The largest absolute Gasteiger partial charge is 0.397 e. The fourth-order valence-corrected chi connectivity index (χ4v) is 2.57. The van der Waals surface area contributed by atoms with E-state index in [2.05, 4.69) is 27.9 Å². The minimum absolute atomic E-state index is 0.672. The molecular formula is C10H14BrN3. The quantitative estimate of drug-likeness (QED) is 0.693. The van der Waals surface area contributed by atoms with E-state index in [1.807, 2.05) is 6.07 Å². The maximum absolute atomic E-state index is 5.96. The van der Waals surface area contributed by atoms with Crippen molar-refractivity contribution in [3.05, 3.63) is 21.7 Å². The molecule has 0 aliphatic carbocycles. The van der Waals surface area contributed by atoms with Crippen LogP contribution in [-0.2, 0) is 13.0 Å². The van der Waals surface area contributed by atoms with Crippen molar-refractivity contribution in [2.24, 2.45) is 0 Å². The summed E-state index contributed by atoms with van der Waals surface area (Å²) in [4.78, 5) is 2.25. The molecule has 0 radical (unpaired) electrons. The average Bonchev–Trinajstić information content (AvgIpc) is 2.14. The summed E-state index contributed by atoms with van der Waals surface area (Å²) in [5, 5.41) is 0. The van der Waals surface area contributed by atoms with Crippen molar-refractivity contribution in [3.63, 3.8) is 0 Å². The van der Waals surface area contributed by atoms with Gasteiger partial charge in [-0.1, -0.05) is 15.9 Å². The van der Waals surface area contributed by atoms with Gasteiger partial charge < -0.3 is 16.4 Å². The van der Waals surface area contributed by atoms with E-state index < -0.39 is 0 Å². The number of benzene rings is 1. The van der Waals surface area contributed by atoms with Crippen molar-refractivity contribution in [3.8, 4) is 0 Å². The molecule has 0 unspecified atom stereocenters. The minimum Gasteiger partial charge on any atom is -0.397 e. The molecule has 4 heteroatoms. The van der Waals surface area contributed by atoms with Gasteiger partial charge in [0.2, 0.25) is 0 Å². The SMILES string of the molecule is CN1CCc2c(Br)cc(N)c(N)c2C1. The molecule has 1 aliphatic heterocycles. The molecule has 0 fully saturated rings. The van der Waals surface area contributed by atoms with Crippen LogP contribution in [0.5, 0.6) is 0 Å². The van der Waals surface area contributed by atoms with Gasteiger partial charge in [0.05, 0.1) is 11.4 Å². The fourth-order valence-electron chi connectivity index (χ4n) is 1.88. The van der Waals surface area contributed by atoms with Crippen LogP contribution < -0.4 is 11.5 Å². The molecule has 0 bridgehead atoms. The van der Waals surface area contributed by atoms with E-state index in [0.29, 0.717) is 5.69 Å². The highest BCUT2D eigenvalue weighted by Crippen LogP contribution is 2.34. The van der Waals surface area contributed by atoms with Gasteiger partial charge in [-0.3, -0.25) is 0 Å². The molecule has 1 heterocycles. The highest BCUT2D eigenvalue weighted by atomic mass is 79.9. The summed E-state index contributed by atoms with van der Waals surface area (Å²) in [6, 6.07) is 1.90. The zero-order valence-electron chi connectivity index (χ0n) is 8.18. The number of likely N-dealkylation sites (N-methyl/N-ethyl adjacent to an activating group) is 1. The summed E-state index contributed by atoms with van der Waals surface area (Å²) in [7, 11) is 2.10. The van der Waals surface area contributed by atoms with E-state index in [4.69, 9.17) is 11.5 Å². The van der Waals surface area contributed by atoms with Crippen molar-refractivity contribution in [2.45, 2.75) is 13.0 Å². The Labute approximate surface area is 92.2 Å². The predicted molar refractivity (Wildman–Crippen MR) is 63.0 cm³/mol. The van der Waals surface area contributed by atoms with E-state index in [0.717, 1.165) is 29.7 Å². The van der Waals surface area contributed by atoms with Crippen LogP contribution in [0.25, 0.3) is 0 Å². The topological polar surface area (TPSA) is 55.3 Å². The monoisotopic (exact) mass is 255 g/mol. The lowest BCUT2D eigenvalue weighted by atomic mass is 9.97. The summed E-state index contributed by atoms with van der Waals surface area (Å²) >= 11 is 3.53. The Kier molecular flexibility index (Phi) is 2.41. The third-order valence-electron chi connectivity index (χ3n) is 2.74. The Bertz CT molecular complexity index is 376. The predicted octanol–water partition coefficient (Wildman–Crippen LogP) is 1.60. The molecule has 76 valence electrons. The second-order valence-corrected chi connectivity index (χ2v) is 4.66. The maximum atomic E-state index is 5.96. The number of fused-ring (bicyclic) bond motifs is 1. The molecular weight excluding hydrogens is 242 g/mol. The van der Waals surface area contributed by atoms with Gasteiger partial charge in [-0.15, -0.1) is 0 Å². The van der Waals surface area contributed by atoms with Crippen molar-refractivity contribution in [2.75, 3.05) is 25.1 Å². The zero-order valence-corrected chi connectivity index (χ0v) is 9.76. The molecule has 14 heavy (non-hydrogen) atoms. The summed E-state index contributed by atoms with van der Waals surface area (Å²) in [5.41, 5.74) is 15.7. The number of anilines is 2. The van der Waals surface area contributed by atoms with Gasteiger partial charge in [-0.2, -0.15) is 0 Å². The van der Waals surface area contributed by atoms with E-state index >= 15 is 0 Å². The third-order valence-corrected chi connectivity index (χ3v) is 3.45. The first-order chi connectivity index (χ1) is 6.59. The van der Waals surface area contributed by atoms with E-state index in [9.17, 15) is 0 Å². The molecule has 2 rings (SSSR count). The second kappa shape index (κ2) is 3.44. The number of hydrogen-bond acceptors (Lipinski definition) is 3. The number of nitrogen functional groups attached to an aromatic ring is 2. The lowest BCUT2D eigenvalue weighted by Gasteiger charge is -2.27. The van der Waals surface area contributed by atoms with Gasteiger partial charge in [0, 0.05) is 17.6 Å². The van der Waals surface area contributed by atoms with Crippen molar-refractivity contribution in [1.29, 1.82) is 0 Å². The summed E-state index contributed by atoms with van der Waals surface area (Å²) < 4.78 is 1.09. The van der Waals surface area contributed by atoms with Gasteiger partial charge in [0.15, 0.2) is 0 Å². The molecule has 1 aromatic rings. The van der Waals surface area contributed by atoms with Crippen LogP contribution in [0.4, 0.5) is 11.4 Å². The van der Waals surface area contributed by atoms with Gasteiger partial charge in [0.1, 0.15) is 0 Å². The van der Waals surface area contributed by atoms with Gasteiger partial charge in [0.25, 0.3) is 0 Å². The smallest absolute Gasteiger partial charge is 0.0597 e. The Morgan fingerprint density at radius 2 is 2.07 bits per heavy atom. The first-order valence-corrected chi connectivity index (χ1v) is 5.42. The standard InChI is InChI=1S/C10H14BrN3/c1-14-3-2-6-7(5-14)10(13)9(12)4-8(6)11/h4H,2-3,5,12-13H2,1H3. The molecule has 0 atom stereocenters. The average molecular weight is 256 g/mol. The molecule has 3 nitrogen and oxygen atoms in total. The maximum Gasteiger partial charge on any atom is 0.0597 e. The first-order valence-electron chi connectivity index (χ1n) is 4.63. The Morgan fingerprint density at radius 3 is 2.79 bits per heavy atom. The van der Waals surface area contributed by atoms with Crippen LogP contribution in [0.1, 0.15) is 11.1 Å². The van der Waals surface area contributed by atoms with Gasteiger partial charge in [-0.25, -0.2) is 0 Å². The molecule has 0 spiro atoms. The minimum atomic E-state index is 0.672. The third kappa shape index (κ3) is 1.48. The van der Waals surface area contributed by atoms with Crippen LogP contribution in [-0.4, -0.2) is 18.5 Å². The van der Waals surface area contributed by atoms with Crippen LogP contribution in [0.3, 0.4) is 0 Å². The number of nitrogens with zero attached hydrogens (tertiary/aromatic N) is 1. The van der Waals surface area contributed by atoms with Crippen LogP contribution in [0.2, 0.25) is 0 Å². The molecule has 1 aliphatic rings. The molecule has 0 saturated carbocycles. The van der Waals surface area contributed by atoms with Crippen LogP contribution in [0, 0.1) is 0 Å². The highest BCUT2D eigenvalue weighted by molar-refractivity contribution is 9.10. The van der Waals surface area contributed by atoms with E-state index in [1.54, 1.807) is 0 Å². The van der Waals surface area contributed by atoms with Crippen molar-refractivity contribution >= 4 is 27.3 Å². The number of halogens is 1. The number of nitrogens with two attached hydrogens (primary N) is 2. The molecule has 4 N–H and O–H groups in total.